The van der Waals surface area contributed by atoms with Gasteiger partial charge in [-0.25, -0.2) is 0 Å². The second-order valence-electron chi connectivity index (χ2n) is 9.20. The maximum absolute atomic E-state index is 12.4. The summed E-state index contributed by atoms with van der Waals surface area (Å²) in [4.78, 5) is 27.1. The Kier molecular flexibility index (Phi) is 7.27. The SMILES string of the molecule is CC(C)(C)NC(=O)C1CCN(Cc2cccc(NC(=O)Cc3ccccc3)c2)CC1. The Balaban J connectivity index is 1.49. The van der Waals surface area contributed by atoms with E-state index in [1.165, 1.54) is 5.56 Å². The van der Waals surface area contributed by atoms with E-state index in [1.54, 1.807) is 0 Å². The smallest absolute Gasteiger partial charge is 0.228 e. The number of carbonyl (C=O) groups excluding carboxylic acids is 2. The molecule has 5 nitrogen and oxygen atoms in total. The van der Waals surface area contributed by atoms with Crippen LogP contribution in [0.3, 0.4) is 0 Å². The number of piperidine rings is 1. The molecule has 3 rings (SSSR count). The molecule has 0 radical (unpaired) electrons. The first-order valence-electron chi connectivity index (χ1n) is 10.8. The molecule has 1 saturated heterocycles. The standard InChI is InChI=1S/C25H33N3O2/c1-25(2,3)27-24(30)21-12-14-28(15-13-21)18-20-10-7-11-22(16-20)26-23(29)17-19-8-5-4-6-9-19/h4-11,16,21H,12-15,17-18H2,1-3H3,(H,26,29)(H,27,30). The van der Waals surface area contributed by atoms with Crippen LogP contribution in [0, 0.1) is 5.92 Å². The van der Waals surface area contributed by atoms with Gasteiger partial charge in [-0.1, -0.05) is 42.5 Å². The number of likely N-dealkylation sites (tertiary alicyclic amines) is 1. The number of anilines is 1. The summed E-state index contributed by atoms with van der Waals surface area (Å²) in [5.41, 5.74) is 2.82. The van der Waals surface area contributed by atoms with E-state index in [4.69, 9.17) is 0 Å². The zero-order valence-corrected chi connectivity index (χ0v) is 18.3. The maximum Gasteiger partial charge on any atom is 0.228 e. The molecule has 1 aliphatic heterocycles. The third-order valence-corrected chi connectivity index (χ3v) is 5.28. The zero-order valence-electron chi connectivity index (χ0n) is 18.3. The van der Waals surface area contributed by atoms with Crippen LogP contribution >= 0.6 is 0 Å². The molecule has 0 saturated carbocycles. The minimum absolute atomic E-state index is 0.0102. The van der Waals surface area contributed by atoms with Gasteiger partial charge in [0, 0.05) is 23.7 Å². The summed E-state index contributed by atoms with van der Waals surface area (Å²) >= 11 is 0. The van der Waals surface area contributed by atoms with Gasteiger partial charge in [0.1, 0.15) is 0 Å². The first-order valence-corrected chi connectivity index (χ1v) is 10.8. The molecular weight excluding hydrogens is 374 g/mol. The van der Waals surface area contributed by atoms with Crippen molar-refractivity contribution < 1.29 is 9.59 Å². The van der Waals surface area contributed by atoms with Gasteiger partial charge in [-0.05, 0) is 70.0 Å². The zero-order chi connectivity index (χ0) is 21.6. The van der Waals surface area contributed by atoms with Gasteiger partial charge in [-0.15, -0.1) is 0 Å². The van der Waals surface area contributed by atoms with Crippen LogP contribution < -0.4 is 10.6 Å². The van der Waals surface area contributed by atoms with Crippen molar-refractivity contribution in [2.45, 2.75) is 52.1 Å². The second-order valence-corrected chi connectivity index (χ2v) is 9.20. The van der Waals surface area contributed by atoms with Gasteiger partial charge in [0.15, 0.2) is 0 Å². The molecule has 1 aliphatic rings. The fraction of sp³-hybridized carbons (Fsp3) is 0.440. The lowest BCUT2D eigenvalue weighted by molar-refractivity contribution is -0.128. The third-order valence-electron chi connectivity index (χ3n) is 5.28. The average Bonchev–Trinajstić information content (AvgIpc) is 2.68. The summed E-state index contributed by atoms with van der Waals surface area (Å²) in [5, 5.41) is 6.10. The topological polar surface area (TPSA) is 61.4 Å². The van der Waals surface area contributed by atoms with Crippen molar-refractivity contribution in [2.24, 2.45) is 5.92 Å². The molecule has 2 aromatic rings. The molecule has 0 aliphatic carbocycles. The number of carbonyl (C=O) groups is 2. The summed E-state index contributed by atoms with van der Waals surface area (Å²) < 4.78 is 0. The Morgan fingerprint density at radius 1 is 0.967 bits per heavy atom. The van der Waals surface area contributed by atoms with Crippen molar-refractivity contribution in [3.05, 3.63) is 65.7 Å². The van der Waals surface area contributed by atoms with E-state index in [-0.39, 0.29) is 23.3 Å². The molecule has 0 bridgehead atoms. The predicted octanol–water partition coefficient (Wildman–Crippen LogP) is 3.99. The summed E-state index contributed by atoms with van der Waals surface area (Å²) in [6.07, 6.45) is 2.14. The first kappa shape index (κ1) is 22.0. The Labute approximate surface area is 179 Å². The molecular formula is C25H33N3O2. The lowest BCUT2D eigenvalue weighted by atomic mass is 9.94. The number of nitrogens with one attached hydrogen (secondary N) is 2. The van der Waals surface area contributed by atoms with Crippen LogP contribution in [0.25, 0.3) is 0 Å². The van der Waals surface area contributed by atoms with Crippen molar-refractivity contribution in [3.8, 4) is 0 Å². The van der Waals surface area contributed by atoms with E-state index in [2.05, 4.69) is 21.6 Å². The largest absolute Gasteiger partial charge is 0.351 e. The van der Waals surface area contributed by atoms with E-state index in [1.807, 2.05) is 69.3 Å². The van der Waals surface area contributed by atoms with Crippen molar-refractivity contribution in [3.63, 3.8) is 0 Å². The molecule has 0 unspecified atom stereocenters. The molecule has 2 N–H and O–H groups in total. The Hall–Kier alpha value is -2.66. The quantitative estimate of drug-likeness (QED) is 0.761. The Bertz CT molecular complexity index is 850. The van der Waals surface area contributed by atoms with Gasteiger partial charge in [-0.2, -0.15) is 0 Å². The minimum atomic E-state index is -0.181. The highest BCUT2D eigenvalue weighted by molar-refractivity contribution is 5.92. The number of amides is 2. The summed E-state index contributed by atoms with van der Waals surface area (Å²) in [7, 11) is 0. The van der Waals surface area contributed by atoms with Gasteiger partial charge in [-0.3, -0.25) is 14.5 Å². The molecule has 30 heavy (non-hydrogen) atoms. The molecule has 0 aromatic heterocycles. The van der Waals surface area contributed by atoms with E-state index in [0.717, 1.165) is 43.7 Å². The van der Waals surface area contributed by atoms with Gasteiger partial charge < -0.3 is 10.6 Å². The first-order chi connectivity index (χ1) is 14.3. The van der Waals surface area contributed by atoms with Crippen LogP contribution in [-0.4, -0.2) is 35.3 Å². The van der Waals surface area contributed by atoms with Crippen LogP contribution in [0.2, 0.25) is 0 Å². The van der Waals surface area contributed by atoms with Gasteiger partial charge in [0.05, 0.1) is 6.42 Å². The Morgan fingerprint density at radius 2 is 1.63 bits per heavy atom. The number of hydrogen-bond acceptors (Lipinski definition) is 3. The minimum Gasteiger partial charge on any atom is -0.351 e. The number of hydrogen-bond donors (Lipinski definition) is 2. The predicted molar refractivity (Wildman–Crippen MR) is 121 cm³/mol. The van der Waals surface area contributed by atoms with E-state index >= 15 is 0 Å². The van der Waals surface area contributed by atoms with Crippen LogP contribution in [0.5, 0.6) is 0 Å². The Morgan fingerprint density at radius 3 is 2.30 bits per heavy atom. The van der Waals surface area contributed by atoms with Gasteiger partial charge in [0.25, 0.3) is 0 Å². The van der Waals surface area contributed by atoms with Crippen LogP contribution in [0.4, 0.5) is 5.69 Å². The summed E-state index contributed by atoms with van der Waals surface area (Å²) in [6.45, 7) is 8.71. The highest BCUT2D eigenvalue weighted by Crippen LogP contribution is 2.21. The third kappa shape index (κ3) is 6.99. The lowest BCUT2D eigenvalue weighted by Gasteiger charge is -2.33. The van der Waals surface area contributed by atoms with Crippen LogP contribution in [-0.2, 0) is 22.6 Å². The van der Waals surface area contributed by atoms with Gasteiger partial charge >= 0.3 is 0 Å². The highest BCUT2D eigenvalue weighted by Gasteiger charge is 2.27. The van der Waals surface area contributed by atoms with E-state index in [0.29, 0.717) is 6.42 Å². The maximum atomic E-state index is 12.4. The normalized spacial score (nSPS) is 15.6. The van der Waals surface area contributed by atoms with E-state index in [9.17, 15) is 9.59 Å². The fourth-order valence-electron chi connectivity index (χ4n) is 3.82. The highest BCUT2D eigenvalue weighted by atomic mass is 16.2. The van der Waals surface area contributed by atoms with Crippen LogP contribution in [0.15, 0.2) is 54.6 Å². The molecule has 1 heterocycles. The van der Waals surface area contributed by atoms with Crippen molar-refractivity contribution >= 4 is 17.5 Å². The number of nitrogens with zero attached hydrogens (tertiary/aromatic N) is 1. The van der Waals surface area contributed by atoms with Crippen molar-refractivity contribution in [1.29, 1.82) is 0 Å². The second kappa shape index (κ2) is 9.90. The molecule has 2 aromatic carbocycles. The van der Waals surface area contributed by atoms with Crippen molar-refractivity contribution in [1.82, 2.24) is 10.2 Å². The lowest BCUT2D eigenvalue weighted by Crippen LogP contribution is -2.46. The summed E-state index contributed by atoms with van der Waals surface area (Å²) in [6, 6.07) is 17.8. The fourth-order valence-corrected chi connectivity index (χ4v) is 3.82. The van der Waals surface area contributed by atoms with E-state index < -0.39 is 0 Å². The molecule has 0 atom stereocenters. The van der Waals surface area contributed by atoms with Gasteiger partial charge in [0.2, 0.25) is 11.8 Å². The molecule has 0 spiro atoms. The number of rotatable bonds is 6. The molecule has 160 valence electrons. The molecule has 1 fully saturated rings. The van der Waals surface area contributed by atoms with Crippen LogP contribution in [0.1, 0.15) is 44.7 Å². The summed E-state index contributed by atoms with van der Waals surface area (Å²) in [5.74, 6) is 0.262. The molecule has 5 heteroatoms. The molecule has 2 amide bonds. The van der Waals surface area contributed by atoms with Crippen molar-refractivity contribution in [2.75, 3.05) is 18.4 Å². The average molecular weight is 408 g/mol. The number of benzene rings is 2. The monoisotopic (exact) mass is 407 g/mol.